The summed E-state index contributed by atoms with van der Waals surface area (Å²) in [4.78, 5) is 4.29. The van der Waals surface area contributed by atoms with Gasteiger partial charge < -0.3 is 0 Å². The van der Waals surface area contributed by atoms with Crippen LogP contribution in [-0.2, 0) is 6.42 Å². The Morgan fingerprint density at radius 2 is 1.44 bits per heavy atom. The van der Waals surface area contributed by atoms with Crippen molar-refractivity contribution >= 4 is 6.21 Å². The van der Waals surface area contributed by atoms with E-state index in [1.54, 1.807) is 0 Å². The number of aliphatic imine (C=N–C) groups is 1. The maximum absolute atomic E-state index is 4.29. The van der Waals surface area contributed by atoms with Crippen molar-refractivity contribution in [2.24, 2.45) is 4.99 Å². The molecule has 106 valence electrons. The van der Waals surface area contributed by atoms with Crippen LogP contribution in [0.1, 0.15) is 66.5 Å². The zero-order valence-electron chi connectivity index (χ0n) is 12.5. The molecular weight excluding hydrogens is 218 g/mol. The lowest BCUT2D eigenvalue weighted by Crippen LogP contribution is -1.88. The van der Waals surface area contributed by atoms with Crippen molar-refractivity contribution in [1.82, 2.24) is 0 Å². The highest BCUT2D eigenvalue weighted by Gasteiger charge is 2.01. The van der Waals surface area contributed by atoms with Crippen LogP contribution in [0.3, 0.4) is 0 Å². The topological polar surface area (TPSA) is 12.4 Å². The van der Waals surface area contributed by atoms with Crippen molar-refractivity contribution in [2.45, 2.75) is 61.8 Å². The summed E-state index contributed by atoms with van der Waals surface area (Å²) in [7, 11) is 0. The van der Waals surface area contributed by atoms with Crippen molar-refractivity contribution < 1.29 is 0 Å². The average Bonchev–Trinajstić information content (AvgIpc) is 2.70. The van der Waals surface area contributed by atoms with E-state index < -0.39 is 0 Å². The smallest absolute Gasteiger partial charge is 0.0392 e. The van der Waals surface area contributed by atoms with Gasteiger partial charge in [-0.15, -0.1) is 0 Å². The molecule has 18 heavy (non-hydrogen) atoms. The van der Waals surface area contributed by atoms with E-state index in [4.69, 9.17) is 0 Å². The second-order valence-corrected chi connectivity index (χ2v) is 2.84. The summed E-state index contributed by atoms with van der Waals surface area (Å²) in [5.74, 6) is 0. The SMILES string of the molecule is C.C1=NCCCc2ccccc21.CC.CC.CC. The second-order valence-electron chi connectivity index (χ2n) is 2.84. The first-order valence-corrected chi connectivity index (χ1v) is 7.04. The Bertz CT molecular complexity index is 277. The van der Waals surface area contributed by atoms with Gasteiger partial charge in [0.05, 0.1) is 0 Å². The van der Waals surface area contributed by atoms with Gasteiger partial charge in [-0.2, -0.15) is 0 Å². The fraction of sp³-hybridized carbons (Fsp3) is 0.588. The molecule has 0 fully saturated rings. The molecule has 0 unspecified atom stereocenters. The van der Waals surface area contributed by atoms with Crippen LogP contribution in [0.2, 0.25) is 0 Å². The number of hydrogen-bond acceptors (Lipinski definition) is 1. The monoisotopic (exact) mass is 251 g/mol. The quantitative estimate of drug-likeness (QED) is 0.555. The number of rotatable bonds is 0. The van der Waals surface area contributed by atoms with Gasteiger partial charge in [-0.05, 0) is 24.0 Å². The van der Waals surface area contributed by atoms with E-state index in [9.17, 15) is 0 Å². The van der Waals surface area contributed by atoms with Crippen LogP contribution in [0.4, 0.5) is 0 Å². The summed E-state index contributed by atoms with van der Waals surface area (Å²) in [6, 6.07) is 8.48. The third-order valence-corrected chi connectivity index (χ3v) is 2.02. The molecule has 0 bridgehead atoms. The Kier molecular flexibility index (Phi) is 22.4. The Balaban J connectivity index is -0.000000285. The number of fused-ring (bicyclic) bond motifs is 1. The van der Waals surface area contributed by atoms with Crippen LogP contribution in [0.25, 0.3) is 0 Å². The minimum Gasteiger partial charge on any atom is -0.293 e. The Morgan fingerprint density at radius 3 is 2.06 bits per heavy atom. The van der Waals surface area contributed by atoms with E-state index in [2.05, 4.69) is 29.3 Å². The largest absolute Gasteiger partial charge is 0.293 e. The normalized spacial score (nSPS) is 10.6. The van der Waals surface area contributed by atoms with E-state index in [1.165, 1.54) is 24.0 Å². The molecule has 0 amide bonds. The van der Waals surface area contributed by atoms with E-state index >= 15 is 0 Å². The first-order valence-electron chi connectivity index (χ1n) is 7.04. The van der Waals surface area contributed by atoms with Gasteiger partial charge in [0.25, 0.3) is 0 Å². The summed E-state index contributed by atoms with van der Waals surface area (Å²) in [5.41, 5.74) is 2.73. The lowest BCUT2D eigenvalue weighted by molar-refractivity contribution is 0.846. The van der Waals surface area contributed by atoms with Gasteiger partial charge in [0.1, 0.15) is 0 Å². The number of nitrogens with zero attached hydrogens (tertiary/aromatic N) is 1. The van der Waals surface area contributed by atoms with Crippen LogP contribution in [0.15, 0.2) is 29.3 Å². The van der Waals surface area contributed by atoms with Gasteiger partial charge in [-0.3, -0.25) is 4.99 Å². The number of aryl methyl sites for hydroxylation is 1. The molecule has 1 heterocycles. The highest BCUT2D eigenvalue weighted by molar-refractivity contribution is 5.82. The molecule has 0 spiro atoms. The van der Waals surface area contributed by atoms with Crippen molar-refractivity contribution in [2.75, 3.05) is 6.54 Å². The van der Waals surface area contributed by atoms with Crippen LogP contribution >= 0.6 is 0 Å². The van der Waals surface area contributed by atoms with E-state index in [0.29, 0.717) is 0 Å². The Morgan fingerprint density at radius 1 is 0.889 bits per heavy atom. The first kappa shape index (κ1) is 22.1. The van der Waals surface area contributed by atoms with Crippen molar-refractivity contribution in [3.05, 3.63) is 35.4 Å². The molecule has 0 saturated carbocycles. The van der Waals surface area contributed by atoms with Crippen molar-refractivity contribution in [3.63, 3.8) is 0 Å². The molecule has 1 heteroatoms. The molecule has 1 nitrogen and oxygen atoms in total. The molecule has 0 aromatic heterocycles. The van der Waals surface area contributed by atoms with Crippen LogP contribution < -0.4 is 0 Å². The van der Waals surface area contributed by atoms with Crippen molar-refractivity contribution in [1.29, 1.82) is 0 Å². The number of hydrogen-bond donors (Lipinski definition) is 0. The summed E-state index contributed by atoms with van der Waals surface area (Å²) in [5, 5.41) is 0. The Hall–Kier alpha value is -1.11. The van der Waals surface area contributed by atoms with E-state index in [0.717, 1.165) is 6.54 Å². The van der Waals surface area contributed by atoms with Crippen LogP contribution in [-0.4, -0.2) is 12.8 Å². The van der Waals surface area contributed by atoms with E-state index in [-0.39, 0.29) is 7.43 Å². The molecule has 0 aliphatic carbocycles. The highest BCUT2D eigenvalue weighted by atomic mass is 14.7. The van der Waals surface area contributed by atoms with Gasteiger partial charge >= 0.3 is 0 Å². The molecule has 1 aliphatic heterocycles. The predicted molar refractivity (Wildman–Crippen MR) is 88.0 cm³/mol. The molecule has 0 atom stereocenters. The third kappa shape index (κ3) is 8.98. The summed E-state index contributed by atoms with van der Waals surface area (Å²) >= 11 is 0. The summed E-state index contributed by atoms with van der Waals surface area (Å²) in [6.07, 6.45) is 4.35. The lowest BCUT2D eigenvalue weighted by atomic mass is 10.1. The van der Waals surface area contributed by atoms with Gasteiger partial charge in [-0.1, -0.05) is 73.2 Å². The first-order chi connectivity index (χ1) is 8.47. The maximum Gasteiger partial charge on any atom is 0.0392 e. The predicted octanol–water partition coefficient (Wildman–Crippen LogP) is 5.77. The minimum absolute atomic E-state index is 0. The standard InChI is InChI=1S/C10H11N.3C2H6.CH4/c1-2-5-10-8-11-7-3-6-9(10)4-1;3*1-2;/h1-2,4-5,8H,3,6-7H2;3*1-2H3;1H4. The lowest BCUT2D eigenvalue weighted by Gasteiger charge is -1.99. The van der Waals surface area contributed by atoms with Crippen molar-refractivity contribution in [3.8, 4) is 0 Å². The fourth-order valence-electron chi connectivity index (χ4n) is 1.41. The minimum atomic E-state index is 0. The molecule has 1 aromatic carbocycles. The summed E-state index contributed by atoms with van der Waals surface area (Å²) in [6.45, 7) is 13.0. The molecule has 0 radical (unpaired) electrons. The van der Waals surface area contributed by atoms with Gasteiger partial charge in [0.2, 0.25) is 0 Å². The molecule has 1 aliphatic rings. The van der Waals surface area contributed by atoms with Crippen LogP contribution in [0, 0.1) is 0 Å². The summed E-state index contributed by atoms with van der Waals surface area (Å²) < 4.78 is 0. The maximum atomic E-state index is 4.29. The van der Waals surface area contributed by atoms with E-state index in [1.807, 2.05) is 47.8 Å². The zero-order valence-corrected chi connectivity index (χ0v) is 12.5. The molecular formula is C17H33N. The van der Waals surface area contributed by atoms with Gasteiger partial charge in [-0.25, -0.2) is 0 Å². The average molecular weight is 251 g/mol. The van der Waals surface area contributed by atoms with Gasteiger partial charge in [0, 0.05) is 12.8 Å². The van der Waals surface area contributed by atoms with Gasteiger partial charge in [0.15, 0.2) is 0 Å². The Labute approximate surface area is 115 Å². The highest BCUT2D eigenvalue weighted by Crippen LogP contribution is 2.11. The number of benzene rings is 1. The molecule has 2 rings (SSSR count). The third-order valence-electron chi connectivity index (χ3n) is 2.02. The molecule has 0 saturated heterocycles. The van der Waals surface area contributed by atoms with Crippen LogP contribution in [0.5, 0.6) is 0 Å². The zero-order chi connectivity index (χ0) is 13.5. The fourth-order valence-corrected chi connectivity index (χ4v) is 1.41. The molecule has 0 N–H and O–H groups in total. The molecule has 1 aromatic rings. The second kappa shape index (κ2) is 18.3.